The van der Waals surface area contributed by atoms with E-state index < -0.39 is 10.9 Å². The van der Waals surface area contributed by atoms with Crippen LogP contribution in [0.2, 0.25) is 0 Å². The lowest BCUT2D eigenvalue weighted by molar-refractivity contribution is -0.384. The molecule has 21 heavy (non-hydrogen) atoms. The second kappa shape index (κ2) is 6.80. The number of carbonyl (C=O) groups is 1. The predicted molar refractivity (Wildman–Crippen MR) is 83.2 cm³/mol. The van der Waals surface area contributed by atoms with E-state index in [-0.39, 0.29) is 17.3 Å². The number of aromatic carboxylic acids is 1. The first-order chi connectivity index (χ1) is 10.0. The molecule has 7 heteroatoms. The lowest BCUT2D eigenvalue weighted by Crippen LogP contribution is -2.27. The summed E-state index contributed by atoms with van der Waals surface area (Å²) in [5.74, 6) is -1.08. The Hall–Kier alpha value is -1.76. The van der Waals surface area contributed by atoms with E-state index in [0.717, 1.165) is 25.7 Å². The summed E-state index contributed by atoms with van der Waals surface area (Å²) in [7, 11) is 0. The Kier molecular flexibility index (Phi) is 5.06. The van der Waals surface area contributed by atoms with Gasteiger partial charge in [-0.25, -0.2) is 4.79 Å². The van der Waals surface area contributed by atoms with Gasteiger partial charge in [0.25, 0.3) is 5.69 Å². The average molecular weight is 310 g/mol. The second-order valence-electron chi connectivity index (χ2n) is 5.15. The molecule has 0 spiro atoms. The number of rotatable bonds is 5. The van der Waals surface area contributed by atoms with Gasteiger partial charge in [0, 0.05) is 23.4 Å². The number of nitro groups is 1. The van der Waals surface area contributed by atoms with Crippen molar-refractivity contribution in [2.45, 2.75) is 37.0 Å². The van der Waals surface area contributed by atoms with Crippen LogP contribution < -0.4 is 5.32 Å². The Labute approximate surface area is 127 Å². The second-order valence-corrected chi connectivity index (χ2v) is 6.28. The Morgan fingerprint density at radius 2 is 2.05 bits per heavy atom. The van der Waals surface area contributed by atoms with Crippen LogP contribution in [-0.2, 0) is 0 Å². The fraction of sp³-hybridized carbons (Fsp3) is 0.500. The number of nitrogens with one attached hydrogen (secondary N) is 1. The number of nitrogens with zero attached hydrogens (tertiary/aromatic N) is 1. The molecule has 0 atom stereocenters. The first kappa shape index (κ1) is 15.6. The summed E-state index contributed by atoms with van der Waals surface area (Å²) in [6.45, 7) is 0. The summed E-state index contributed by atoms with van der Waals surface area (Å²) in [6, 6.07) is 3.99. The third-order valence-corrected chi connectivity index (χ3v) is 4.95. The molecule has 0 unspecified atom stereocenters. The van der Waals surface area contributed by atoms with E-state index in [4.69, 9.17) is 0 Å². The maximum Gasteiger partial charge on any atom is 0.337 e. The molecule has 0 saturated heterocycles. The van der Waals surface area contributed by atoms with Gasteiger partial charge in [-0.2, -0.15) is 11.8 Å². The van der Waals surface area contributed by atoms with Crippen molar-refractivity contribution in [1.29, 1.82) is 0 Å². The summed E-state index contributed by atoms with van der Waals surface area (Å²) >= 11 is 1.86. The van der Waals surface area contributed by atoms with Gasteiger partial charge < -0.3 is 10.4 Å². The highest BCUT2D eigenvalue weighted by atomic mass is 32.2. The van der Waals surface area contributed by atoms with Gasteiger partial charge in [-0.3, -0.25) is 10.1 Å². The number of benzene rings is 1. The van der Waals surface area contributed by atoms with Crippen LogP contribution >= 0.6 is 11.8 Å². The molecular formula is C14H18N2O4S. The van der Waals surface area contributed by atoms with Crippen LogP contribution in [0, 0.1) is 10.1 Å². The SMILES string of the molecule is CSC1CCC(Nc2cc([N+](=O)[O-])ccc2C(=O)O)CC1. The van der Waals surface area contributed by atoms with E-state index in [9.17, 15) is 20.0 Å². The molecule has 1 aromatic rings. The molecular weight excluding hydrogens is 292 g/mol. The number of hydrogen-bond acceptors (Lipinski definition) is 5. The van der Waals surface area contributed by atoms with Crippen molar-refractivity contribution in [3.63, 3.8) is 0 Å². The van der Waals surface area contributed by atoms with Crippen molar-refractivity contribution in [1.82, 2.24) is 0 Å². The molecule has 1 fully saturated rings. The molecule has 0 bridgehead atoms. The lowest BCUT2D eigenvalue weighted by atomic mass is 9.94. The Bertz CT molecular complexity index is 542. The summed E-state index contributed by atoms with van der Waals surface area (Å²) < 4.78 is 0. The minimum atomic E-state index is -1.08. The minimum absolute atomic E-state index is 0.0765. The van der Waals surface area contributed by atoms with E-state index in [0.29, 0.717) is 10.9 Å². The number of carboxylic acids is 1. The fourth-order valence-electron chi connectivity index (χ4n) is 2.61. The fourth-order valence-corrected chi connectivity index (χ4v) is 3.36. The van der Waals surface area contributed by atoms with E-state index in [1.165, 1.54) is 18.2 Å². The highest BCUT2D eigenvalue weighted by Gasteiger charge is 2.23. The van der Waals surface area contributed by atoms with E-state index in [1.54, 1.807) is 0 Å². The van der Waals surface area contributed by atoms with E-state index >= 15 is 0 Å². The van der Waals surface area contributed by atoms with Gasteiger partial charge in [-0.15, -0.1) is 0 Å². The van der Waals surface area contributed by atoms with Gasteiger partial charge in [0.15, 0.2) is 0 Å². The number of anilines is 1. The Balaban J connectivity index is 2.15. The topological polar surface area (TPSA) is 92.5 Å². The molecule has 114 valence electrons. The van der Waals surface area contributed by atoms with Gasteiger partial charge in [-0.05, 0) is 38.0 Å². The first-order valence-corrected chi connectivity index (χ1v) is 8.11. The number of non-ortho nitro benzene ring substituents is 1. The Morgan fingerprint density at radius 1 is 1.38 bits per heavy atom. The number of thioether (sulfide) groups is 1. The van der Waals surface area contributed by atoms with Crippen molar-refractivity contribution >= 4 is 29.1 Å². The smallest absolute Gasteiger partial charge is 0.337 e. The van der Waals surface area contributed by atoms with Gasteiger partial charge in [-0.1, -0.05) is 0 Å². The summed E-state index contributed by atoms with van der Waals surface area (Å²) in [6.07, 6.45) is 6.16. The molecule has 1 aliphatic rings. The normalized spacial score (nSPS) is 21.8. The van der Waals surface area contributed by atoms with Crippen molar-refractivity contribution in [3.8, 4) is 0 Å². The zero-order valence-corrected chi connectivity index (χ0v) is 12.6. The van der Waals surface area contributed by atoms with Gasteiger partial charge in [0.1, 0.15) is 0 Å². The summed E-state index contributed by atoms with van der Waals surface area (Å²) in [5, 5.41) is 23.9. The van der Waals surface area contributed by atoms with Crippen LogP contribution in [0.25, 0.3) is 0 Å². The van der Waals surface area contributed by atoms with Gasteiger partial charge in [0.05, 0.1) is 16.2 Å². The molecule has 0 amide bonds. The zero-order chi connectivity index (χ0) is 15.4. The average Bonchev–Trinajstić information content (AvgIpc) is 2.47. The number of carboxylic acid groups (broad SMARTS) is 1. The lowest BCUT2D eigenvalue weighted by Gasteiger charge is -2.29. The third-order valence-electron chi connectivity index (χ3n) is 3.81. The maximum absolute atomic E-state index is 11.2. The Morgan fingerprint density at radius 3 is 2.57 bits per heavy atom. The van der Waals surface area contributed by atoms with Crippen molar-refractivity contribution in [2.24, 2.45) is 0 Å². The third kappa shape index (κ3) is 3.87. The molecule has 1 aromatic carbocycles. The minimum Gasteiger partial charge on any atom is -0.478 e. The van der Waals surface area contributed by atoms with Crippen molar-refractivity contribution in [3.05, 3.63) is 33.9 Å². The van der Waals surface area contributed by atoms with Crippen LogP contribution in [0.3, 0.4) is 0 Å². The molecule has 0 heterocycles. The molecule has 6 nitrogen and oxygen atoms in total. The largest absolute Gasteiger partial charge is 0.478 e. The molecule has 1 saturated carbocycles. The standard InChI is InChI=1S/C14H18N2O4S/c1-21-11-5-2-9(3-6-11)15-13-8-10(16(19)20)4-7-12(13)14(17)18/h4,7-9,11,15H,2-3,5-6H2,1H3,(H,17,18). The van der Waals surface area contributed by atoms with Crippen LogP contribution in [0.4, 0.5) is 11.4 Å². The van der Waals surface area contributed by atoms with Crippen LogP contribution in [-0.4, -0.2) is 33.5 Å². The summed E-state index contributed by atoms with van der Waals surface area (Å²) in [4.78, 5) is 21.6. The molecule has 0 aromatic heterocycles. The molecule has 2 rings (SSSR count). The number of hydrogen-bond donors (Lipinski definition) is 2. The number of nitro benzene ring substituents is 1. The predicted octanol–water partition coefficient (Wildman–Crippen LogP) is 3.38. The molecule has 2 N–H and O–H groups in total. The highest BCUT2D eigenvalue weighted by Crippen LogP contribution is 2.30. The van der Waals surface area contributed by atoms with E-state index in [1.807, 2.05) is 11.8 Å². The van der Waals surface area contributed by atoms with Crippen LogP contribution in [0.1, 0.15) is 36.0 Å². The molecule has 0 aliphatic heterocycles. The quantitative estimate of drug-likeness (QED) is 0.640. The zero-order valence-electron chi connectivity index (χ0n) is 11.7. The monoisotopic (exact) mass is 310 g/mol. The van der Waals surface area contributed by atoms with Gasteiger partial charge in [0.2, 0.25) is 0 Å². The summed E-state index contributed by atoms with van der Waals surface area (Å²) in [5.41, 5.74) is 0.317. The molecule has 1 aliphatic carbocycles. The maximum atomic E-state index is 11.2. The van der Waals surface area contributed by atoms with Crippen LogP contribution in [0.5, 0.6) is 0 Å². The van der Waals surface area contributed by atoms with E-state index in [2.05, 4.69) is 11.6 Å². The molecule has 0 radical (unpaired) electrons. The van der Waals surface area contributed by atoms with Crippen LogP contribution in [0.15, 0.2) is 18.2 Å². The van der Waals surface area contributed by atoms with Crippen molar-refractivity contribution in [2.75, 3.05) is 11.6 Å². The highest BCUT2D eigenvalue weighted by molar-refractivity contribution is 7.99. The van der Waals surface area contributed by atoms with Crippen molar-refractivity contribution < 1.29 is 14.8 Å². The first-order valence-electron chi connectivity index (χ1n) is 6.82. The van der Waals surface area contributed by atoms with Gasteiger partial charge >= 0.3 is 5.97 Å².